The monoisotopic (exact) mass is 300 g/mol. The van der Waals surface area contributed by atoms with Crippen molar-refractivity contribution in [2.75, 3.05) is 0 Å². The van der Waals surface area contributed by atoms with Gasteiger partial charge in [0.25, 0.3) is 11.6 Å². The van der Waals surface area contributed by atoms with E-state index >= 15 is 0 Å². The van der Waals surface area contributed by atoms with E-state index in [2.05, 4.69) is 10.1 Å². The molecule has 0 unspecified atom stereocenters. The zero-order valence-electron chi connectivity index (χ0n) is 11.9. The van der Waals surface area contributed by atoms with Crippen molar-refractivity contribution in [1.82, 2.24) is 10.1 Å². The molecule has 1 heterocycles. The summed E-state index contributed by atoms with van der Waals surface area (Å²) >= 11 is 0. The van der Waals surface area contributed by atoms with E-state index in [0.717, 1.165) is 25.7 Å². The molecular weight excluding hydrogens is 284 g/mol. The lowest BCUT2D eigenvalue weighted by atomic mass is 9.99. The second kappa shape index (κ2) is 5.69. The van der Waals surface area contributed by atoms with Gasteiger partial charge in [0, 0.05) is 12.1 Å². The Balaban J connectivity index is 1.82. The van der Waals surface area contributed by atoms with Crippen LogP contribution in [-0.4, -0.2) is 15.1 Å². The molecule has 1 fully saturated rings. The maximum atomic E-state index is 11.0. The number of hydrogen-bond donors (Lipinski definition) is 1. The van der Waals surface area contributed by atoms with E-state index in [4.69, 9.17) is 10.3 Å². The zero-order chi connectivity index (χ0) is 15.6. The highest BCUT2D eigenvalue weighted by Gasteiger charge is 2.35. The number of hydrogen-bond acceptors (Lipinski definition) is 6. The topological polar surface area (TPSA) is 108 Å². The summed E-state index contributed by atoms with van der Waals surface area (Å²) in [6.07, 6.45) is 6.98. The van der Waals surface area contributed by atoms with E-state index in [-0.39, 0.29) is 5.69 Å². The van der Waals surface area contributed by atoms with Gasteiger partial charge < -0.3 is 10.3 Å². The molecule has 0 spiro atoms. The number of nitro groups is 1. The van der Waals surface area contributed by atoms with E-state index in [1.807, 2.05) is 0 Å². The van der Waals surface area contributed by atoms with Crippen LogP contribution < -0.4 is 5.73 Å². The van der Waals surface area contributed by atoms with Crippen LogP contribution in [0, 0.1) is 10.1 Å². The Bertz CT molecular complexity index is 717. The molecule has 7 nitrogen and oxygen atoms in total. The van der Waals surface area contributed by atoms with Crippen LogP contribution in [0.1, 0.15) is 43.0 Å². The first kappa shape index (κ1) is 14.4. The fourth-order valence-corrected chi connectivity index (χ4v) is 2.69. The number of para-hydroxylation sites is 1. The number of nitrogens with two attached hydrogens (primary N) is 1. The van der Waals surface area contributed by atoms with Crippen LogP contribution in [-0.2, 0) is 5.54 Å². The molecule has 1 aromatic heterocycles. The second-order valence-corrected chi connectivity index (χ2v) is 5.47. The fourth-order valence-electron chi connectivity index (χ4n) is 2.69. The van der Waals surface area contributed by atoms with Crippen LogP contribution in [0.5, 0.6) is 0 Å². The maximum Gasteiger partial charge on any atom is 0.276 e. The first-order valence-electron chi connectivity index (χ1n) is 7.13. The summed E-state index contributed by atoms with van der Waals surface area (Å²) in [7, 11) is 0. The van der Waals surface area contributed by atoms with Crippen molar-refractivity contribution in [3.63, 3.8) is 0 Å². The quantitative estimate of drug-likeness (QED) is 0.687. The molecule has 1 aliphatic carbocycles. The molecule has 3 rings (SSSR count). The van der Waals surface area contributed by atoms with Crippen molar-refractivity contribution < 1.29 is 9.45 Å². The number of nitro benzene ring substituents is 1. The summed E-state index contributed by atoms with van der Waals surface area (Å²) < 4.78 is 5.17. The second-order valence-electron chi connectivity index (χ2n) is 5.47. The summed E-state index contributed by atoms with van der Waals surface area (Å²) in [4.78, 5) is 14.8. The minimum atomic E-state index is -0.506. The average molecular weight is 300 g/mol. The highest BCUT2D eigenvalue weighted by Crippen LogP contribution is 2.34. The fraction of sp³-hybridized carbons (Fsp3) is 0.333. The Labute approximate surface area is 127 Å². The lowest BCUT2D eigenvalue weighted by Gasteiger charge is -2.17. The van der Waals surface area contributed by atoms with E-state index in [9.17, 15) is 10.1 Å². The Kier molecular flexibility index (Phi) is 3.72. The molecule has 114 valence electrons. The van der Waals surface area contributed by atoms with Gasteiger partial charge in [-0.3, -0.25) is 10.1 Å². The van der Waals surface area contributed by atoms with Gasteiger partial charge in [0.2, 0.25) is 0 Å². The van der Waals surface area contributed by atoms with Crippen LogP contribution in [0.3, 0.4) is 0 Å². The van der Waals surface area contributed by atoms with Crippen LogP contribution in [0.2, 0.25) is 0 Å². The standard InChI is InChI=1S/C15H16N4O3/c16-15(9-3-4-10-15)14-17-13(22-18-14)8-7-11-5-1-2-6-12(11)19(20)21/h1-2,5-8H,3-4,9-10,16H2/b8-7+. The third-order valence-corrected chi connectivity index (χ3v) is 3.92. The normalized spacial score (nSPS) is 17.1. The van der Waals surface area contributed by atoms with Gasteiger partial charge in [-0.2, -0.15) is 4.98 Å². The number of benzene rings is 1. The number of nitrogens with zero attached hydrogens (tertiary/aromatic N) is 3. The molecule has 1 saturated carbocycles. The predicted octanol–water partition coefficient (Wildman–Crippen LogP) is 2.88. The van der Waals surface area contributed by atoms with Crippen molar-refractivity contribution in [3.8, 4) is 0 Å². The smallest absolute Gasteiger partial charge is 0.276 e. The first-order valence-corrected chi connectivity index (χ1v) is 7.13. The molecule has 0 amide bonds. The molecule has 0 radical (unpaired) electrons. The minimum absolute atomic E-state index is 0.0320. The van der Waals surface area contributed by atoms with E-state index < -0.39 is 10.5 Å². The molecule has 1 aromatic carbocycles. The third-order valence-electron chi connectivity index (χ3n) is 3.92. The summed E-state index contributed by atoms with van der Waals surface area (Å²) in [5.41, 5.74) is 6.27. The van der Waals surface area contributed by atoms with Gasteiger partial charge in [-0.15, -0.1) is 0 Å². The lowest BCUT2D eigenvalue weighted by molar-refractivity contribution is -0.385. The van der Waals surface area contributed by atoms with Gasteiger partial charge in [-0.1, -0.05) is 30.1 Å². The SMILES string of the molecule is NC1(c2noc(/C=C/c3ccccc3[N+](=O)[O-])n2)CCCC1. The van der Waals surface area contributed by atoms with Crippen molar-refractivity contribution in [2.45, 2.75) is 31.2 Å². The lowest BCUT2D eigenvalue weighted by Crippen LogP contribution is -2.34. The van der Waals surface area contributed by atoms with Crippen LogP contribution in [0.15, 0.2) is 28.8 Å². The Hall–Kier alpha value is -2.54. The van der Waals surface area contributed by atoms with Crippen molar-refractivity contribution in [3.05, 3.63) is 51.7 Å². The molecule has 2 aromatic rings. The Morgan fingerprint density at radius 2 is 2.00 bits per heavy atom. The average Bonchev–Trinajstić information content (AvgIpc) is 3.15. The van der Waals surface area contributed by atoms with Crippen molar-refractivity contribution >= 4 is 17.8 Å². The van der Waals surface area contributed by atoms with Crippen molar-refractivity contribution in [2.24, 2.45) is 5.73 Å². The first-order chi connectivity index (χ1) is 10.6. The maximum absolute atomic E-state index is 11.0. The summed E-state index contributed by atoms with van der Waals surface area (Å²) in [5.74, 6) is 0.803. The largest absolute Gasteiger partial charge is 0.335 e. The van der Waals surface area contributed by atoms with Gasteiger partial charge >= 0.3 is 0 Å². The number of aromatic nitrogens is 2. The molecule has 1 aliphatic rings. The van der Waals surface area contributed by atoms with Gasteiger partial charge in [-0.25, -0.2) is 0 Å². The summed E-state index contributed by atoms with van der Waals surface area (Å²) in [6.45, 7) is 0. The van der Waals surface area contributed by atoms with E-state index in [0.29, 0.717) is 17.3 Å². The van der Waals surface area contributed by atoms with Crippen molar-refractivity contribution in [1.29, 1.82) is 0 Å². The molecule has 22 heavy (non-hydrogen) atoms. The molecule has 0 aliphatic heterocycles. The third kappa shape index (κ3) is 2.75. The van der Waals surface area contributed by atoms with Crippen LogP contribution in [0.25, 0.3) is 12.2 Å². The molecule has 2 N–H and O–H groups in total. The summed E-state index contributed by atoms with van der Waals surface area (Å²) in [6, 6.07) is 6.47. The molecule has 7 heteroatoms. The highest BCUT2D eigenvalue weighted by atomic mass is 16.6. The van der Waals surface area contributed by atoms with E-state index in [1.54, 1.807) is 30.4 Å². The molecule has 0 saturated heterocycles. The van der Waals surface area contributed by atoms with Crippen LogP contribution >= 0.6 is 0 Å². The molecule has 0 atom stereocenters. The predicted molar refractivity (Wildman–Crippen MR) is 80.7 cm³/mol. The van der Waals surface area contributed by atoms with Gasteiger partial charge in [-0.05, 0) is 25.0 Å². The molecular formula is C15H16N4O3. The Morgan fingerprint density at radius 3 is 2.73 bits per heavy atom. The molecule has 0 bridgehead atoms. The Morgan fingerprint density at radius 1 is 1.27 bits per heavy atom. The zero-order valence-corrected chi connectivity index (χ0v) is 11.9. The van der Waals surface area contributed by atoms with E-state index in [1.165, 1.54) is 6.07 Å². The number of rotatable bonds is 4. The summed E-state index contributed by atoms with van der Waals surface area (Å²) in [5, 5.41) is 14.9. The minimum Gasteiger partial charge on any atom is -0.335 e. The van der Waals surface area contributed by atoms with Gasteiger partial charge in [0.05, 0.1) is 16.0 Å². The highest BCUT2D eigenvalue weighted by molar-refractivity contribution is 5.71. The van der Waals surface area contributed by atoms with Gasteiger partial charge in [0.1, 0.15) is 0 Å². The van der Waals surface area contributed by atoms with Crippen LogP contribution in [0.4, 0.5) is 5.69 Å². The van der Waals surface area contributed by atoms with Gasteiger partial charge in [0.15, 0.2) is 5.82 Å².